The normalized spacial score (nSPS) is 16.2. The SMILES string of the molecule is C=C(C(=O)OP(=O)(OC(=O)C(=C)C(C)O)OC(=O)C(=C)C(C)O)C(C)O. The number of hydrogen-bond donors (Lipinski definition) is 3. The Hall–Kier alpha value is -2.26. The molecular formula is C15H21O10P. The van der Waals surface area contributed by atoms with E-state index in [1.54, 1.807) is 0 Å². The van der Waals surface area contributed by atoms with Gasteiger partial charge in [-0.15, -0.1) is 0 Å². The molecule has 0 bridgehead atoms. The van der Waals surface area contributed by atoms with Gasteiger partial charge >= 0.3 is 25.7 Å². The lowest BCUT2D eigenvalue weighted by molar-refractivity contribution is -0.140. The summed E-state index contributed by atoms with van der Waals surface area (Å²) < 4.78 is 25.7. The highest BCUT2D eigenvalue weighted by atomic mass is 31.2. The third-order valence-corrected chi connectivity index (χ3v) is 4.05. The maximum atomic E-state index is 12.5. The average Bonchev–Trinajstić information content (AvgIpc) is 2.51. The molecule has 0 aromatic heterocycles. The minimum Gasteiger partial charge on any atom is -0.388 e. The van der Waals surface area contributed by atoms with E-state index in [0.29, 0.717) is 0 Å². The number of carbonyl (C=O) groups excluding carboxylic acids is 3. The Bertz CT molecular complexity index is 584. The van der Waals surface area contributed by atoms with E-state index in [1.165, 1.54) is 0 Å². The fraction of sp³-hybridized carbons (Fsp3) is 0.400. The molecule has 0 aliphatic heterocycles. The van der Waals surface area contributed by atoms with Crippen molar-refractivity contribution in [3.8, 4) is 0 Å². The van der Waals surface area contributed by atoms with E-state index in [1.807, 2.05) is 0 Å². The third kappa shape index (κ3) is 6.93. The molecule has 0 aromatic carbocycles. The second-order valence-corrected chi connectivity index (χ2v) is 6.63. The molecule has 0 saturated heterocycles. The molecule has 0 rings (SSSR count). The number of carbonyl (C=O) groups is 3. The molecular weight excluding hydrogens is 371 g/mol. The standard InChI is InChI=1S/C15H21O10P/c1-7(10(4)16)13(19)23-26(22,24-14(20)8(2)11(5)17)25-15(21)9(3)12(6)18/h10-12,16-18H,1-3H2,4-6H3. The van der Waals surface area contributed by atoms with Gasteiger partial charge in [0.25, 0.3) is 0 Å². The van der Waals surface area contributed by atoms with Crippen molar-refractivity contribution in [1.29, 1.82) is 0 Å². The molecule has 0 aromatic rings. The zero-order valence-corrected chi connectivity index (χ0v) is 15.4. The Labute approximate surface area is 150 Å². The van der Waals surface area contributed by atoms with Crippen molar-refractivity contribution in [2.24, 2.45) is 0 Å². The monoisotopic (exact) mass is 392 g/mol. The van der Waals surface area contributed by atoms with Gasteiger partial charge in [-0.2, -0.15) is 4.57 Å². The van der Waals surface area contributed by atoms with Gasteiger partial charge in [0.05, 0.1) is 35.0 Å². The molecule has 0 radical (unpaired) electrons. The van der Waals surface area contributed by atoms with Gasteiger partial charge in [0.15, 0.2) is 0 Å². The molecule has 0 heterocycles. The summed E-state index contributed by atoms with van der Waals surface area (Å²) in [4.78, 5) is 35.4. The maximum absolute atomic E-state index is 12.5. The van der Waals surface area contributed by atoms with Gasteiger partial charge in [0, 0.05) is 0 Å². The van der Waals surface area contributed by atoms with Crippen molar-refractivity contribution in [3.05, 3.63) is 36.5 Å². The Balaban J connectivity index is 5.61. The van der Waals surface area contributed by atoms with Crippen LogP contribution in [0.25, 0.3) is 0 Å². The molecule has 0 saturated carbocycles. The molecule has 11 heteroatoms. The van der Waals surface area contributed by atoms with Gasteiger partial charge in [-0.25, -0.2) is 14.4 Å². The average molecular weight is 392 g/mol. The summed E-state index contributed by atoms with van der Waals surface area (Å²) in [5.41, 5.74) is -1.71. The van der Waals surface area contributed by atoms with Crippen molar-refractivity contribution in [3.63, 3.8) is 0 Å². The van der Waals surface area contributed by atoms with Crippen LogP contribution in [-0.4, -0.2) is 51.5 Å². The van der Waals surface area contributed by atoms with Crippen molar-refractivity contribution in [2.75, 3.05) is 0 Å². The van der Waals surface area contributed by atoms with E-state index in [9.17, 15) is 34.3 Å². The largest absolute Gasteiger partial charge is 0.654 e. The van der Waals surface area contributed by atoms with E-state index in [0.717, 1.165) is 20.8 Å². The lowest BCUT2D eigenvalue weighted by atomic mass is 10.2. The molecule has 0 spiro atoms. The highest BCUT2D eigenvalue weighted by Gasteiger charge is 2.42. The first-order chi connectivity index (χ1) is 11.7. The van der Waals surface area contributed by atoms with E-state index in [-0.39, 0.29) is 0 Å². The fourth-order valence-electron chi connectivity index (χ4n) is 1.05. The molecule has 3 atom stereocenters. The maximum Gasteiger partial charge on any atom is 0.654 e. The van der Waals surface area contributed by atoms with Crippen LogP contribution in [0.2, 0.25) is 0 Å². The van der Waals surface area contributed by atoms with Crippen LogP contribution in [0.3, 0.4) is 0 Å². The Kier molecular flexibility index (Phi) is 8.62. The van der Waals surface area contributed by atoms with Crippen LogP contribution in [0, 0.1) is 0 Å². The highest BCUT2D eigenvalue weighted by Crippen LogP contribution is 2.51. The lowest BCUT2D eigenvalue weighted by Gasteiger charge is -2.19. The molecule has 0 aliphatic carbocycles. The van der Waals surface area contributed by atoms with Crippen LogP contribution in [0.15, 0.2) is 36.5 Å². The minimum absolute atomic E-state index is 0.568. The number of hydrogen-bond acceptors (Lipinski definition) is 10. The number of aliphatic hydroxyl groups excluding tert-OH is 3. The molecule has 26 heavy (non-hydrogen) atoms. The second kappa shape index (κ2) is 9.44. The van der Waals surface area contributed by atoms with Crippen LogP contribution in [0.5, 0.6) is 0 Å². The van der Waals surface area contributed by atoms with Gasteiger partial charge in [0.2, 0.25) is 0 Å². The van der Waals surface area contributed by atoms with E-state index < -0.39 is 60.8 Å². The molecule has 0 amide bonds. The fourth-order valence-corrected chi connectivity index (χ4v) is 2.12. The van der Waals surface area contributed by atoms with Crippen LogP contribution >= 0.6 is 7.82 Å². The summed E-state index contributed by atoms with van der Waals surface area (Å²) in [7, 11) is -5.23. The van der Waals surface area contributed by atoms with E-state index in [2.05, 4.69) is 33.3 Å². The summed E-state index contributed by atoms with van der Waals surface area (Å²) in [6.07, 6.45) is -4.20. The topological polar surface area (TPSA) is 157 Å². The van der Waals surface area contributed by atoms with Crippen LogP contribution in [0.1, 0.15) is 20.8 Å². The zero-order valence-electron chi connectivity index (χ0n) is 14.5. The van der Waals surface area contributed by atoms with Crippen molar-refractivity contribution in [2.45, 2.75) is 39.1 Å². The molecule has 3 unspecified atom stereocenters. The summed E-state index contributed by atoms with van der Waals surface area (Å²) in [6, 6.07) is 0. The Morgan fingerprint density at radius 1 is 0.692 bits per heavy atom. The van der Waals surface area contributed by atoms with Gasteiger partial charge in [-0.3, -0.25) is 0 Å². The first-order valence-corrected chi connectivity index (χ1v) is 8.60. The third-order valence-electron chi connectivity index (χ3n) is 2.88. The number of rotatable bonds is 9. The molecule has 146 valence electrons. The predicted octanol–water partition coefficient (Wildman–Crippen LogP) is 0.535. The first kappa shape index (κ1) is 23.7. The van der Waals surface area contributed by atoms with Gasteiger partial charge < -0.3 is 28.9 Å². The zero-order chi connectivity index (χ0) is 20.8. The quantitative estimate of drug-likeness (QED) is 0.373. The van der Waals surface area contributed by atoms with Gasteiger partial charge in [-0.05, 0) is 20.8 Å². The summed E-state index contributed by atoms with van der Waals surface area (Å²) >= 11 is 0. The summed E-state index contributed by atoms with van der Waals surface area (Å²) in [5.74, 6) is -4.43. The molecule has 0 fully saturated rings. The smallest absolute Gasteiger partial charge is 0.388 e. The van der Waals surface area contributed by atoms with Crippen molar-refractivity contribution < 1.29 is 47.8 Å². The molecule has 10 nitrogen and oxygen atoms in total. The molecule has 3 N–H and O–H groups in total. The Morgan fingerprint density at radius 3 is 1.04 bits per heavy atom. The van der Waals surface area contributed by atoms with E-state index >= 15 is 0 Å². The van der Waals surface area contributed by atoms with Gasteiger partial charge in [-0.1, -0.05) is 19.7 Å². The lowest BCUT2D eigenvalue weighted by Crippen LogP contribution is -2.22. The second-order valence-electron chi connectivity index (χ2n) is 5.19. The van der Waals surface area contributed by atoms with E-state index in [4.69, 9.17) is 0 Å². The first-order valence-electron chi connectivity index (χ1n) is 7.14. The number of phosphoric ester groups is 1. The summed E-state index contributed by atoms with van der Waals surface area (Å²) in [5, 5.41) is 27.8. The number of aliphatic hydroxyl groups is 3. The van der Waals surface area contributed by atoms with Gasteiger partial charge in [0.1, 0.15) is 0 Å². The summed E-state index contributed by atoms with van der Waals surface area (Å²) in [6.45, 7) is 13.0. The number of phosphoric acid groups is 1. The highest BCUT2D eigenvalue weighted by molar-refractivity contribution is 7.50. The van der Waals surface area contributed by atoms with Crippen LogP contribution in [0.4, 0.5) is 0 Å². The van der Waals surface area contributed by atoms with Crippen LogP contribution in [-0.2, 0) is 32.5 Å². The van der Waals surface area contributed by atoms with Crippen molar-refractivity contribution >= 4 is 25.7 Å². The predicted molar refractivity (Wildman–Crippen MR) is 88.3 cm³/mol. The molecule has 0 aliphatic rings. The van der Waals surface area contributed by atoms with Crippen LogP contribution < -0.4 is 0 Å². The Morgan fingerprint density at radius 2 is 0.885 bits per heavy atom. The van der Waals surface area contributed by atoms with Crippen molar-refractivity contribution in [1.82, 2.24) is 0 Å². The minimum atomic E-state index is -5.23.